The number of benzene rings is 1. The summed E-state index contributed by atoms with van der Waals surface area (Å²) in [4.78, 5) is 23.2. The lowest BCUT2D eigenvalue weighted by Gasteiger charge is -2.14. The Morgan fingerprint density at radius 3 is 2.41 bits per heavy atom. The van der Waals surface area contributed by atoms with Crippen molar-refractivity contribution in [3.8, 4) is 11.8 Å². The van der Waals surface area contributed by atoms with Crippen molar-refractivity contribution in [2.75, 3.05) is 13.2 Å². The van der Waals surface area contributed by atoms with Crippen LogP contribution in [0.15, 0.2) is 24.3 Å². The van der Waals surface area contributed by atoms with Gasteiger partial charge in [0.1, 0.15) is 5.75 Å². The fourth-order valence-electron chi connectivity index (χ4n) is 1.48. The first-order chi connectivity index (χ1) is 10.4. The van der Waals surface area contributed by atoms with Crippen LogP contribution in [0, 0.1) is 17.2 Å². The number of nitrogens with one attached hydrogen (secondary N) is 1. The standard InChI is InChI=1S/C16H20N2O4/c1-11(2)9-18-15(19)10-21-16(20)12(3)22-14-6-4-13(8-17)5-7-14/h4-7,11-12H,9-10H2,1-3H3,(H,18,19)/t12-/m0/s1. The lowest BCUT2D eigenvalue weighted by Crippen LogP contribution is -2.34. The van der Waals surface area contributed by atoms with Crippen LogP contribution in [-0.2, 0) is 14.3 Å². The van der Waals surface area contributed by atoms with Gasteiger partial charge in [-0.15, -0.1) is 0 Å². The third-order valence-corrected chi connectivity index (χ3v) is 2.68. The topological polar surface area (TPSA) is 88.4 Å². The van der Waals surface area contributed by atoms with E-state index < -0.39 is 12.1 Å². The largest absolute Gasteiger partial charge is 0.479 e. The molecule has 0 saturated heterocycles. The number of esters is 1. The Hall–Kier alpha value is -2.55. The summed E-state index contributed by atoms with van der Waals surface area (Å²) in [5.41, 5.74) is 0.504. The molecule has 0 saturated carbocycles. The van der Waals surface area contributed by atoms with Gasteiger partial charge >= 0.3 is 5.97 Å². The Morgan fingerprint density at radius 1 is 1.23 bits per heavy atom. The summed E-state index contributed by atoms with van der Waals surface area (Å²) < 4.78 is 10.3. The maximum Gasteiger partial charge on any atom is 0.347 e. The molecule has 22 heavy (non-hydrogen) atoms. The van der Waals surface area contributed by atoms with Crippen molar-refractivity contribution in [3.05, 3.63) is 29.8 Å². The summed E-state index contributed by atoms with van der Waals surface area (Å²) in [6.07, 6.45) is -0.842. The summed E-state index contributed by atoms with van der Waals surface area (Å²) >= 11 is 0. The molecule has 118 valence electrons. The molecule has 1 rings (SSSR count). The molecule has 0 heterocycles. The molecule has 0 radical (unpaired) electrons. The third kappa shape index (κ3) is 6.27. The van der Waals surface area contributed by atoms with E-state index in [0.29, 0.717) is 23.8 Å². The normalized spacial score (nSPS) is 11.4. The van der Waals surface area contributed by atoms with E-state index in [-0.39, 0.29) is 12.5 Å². The van der Waals surface area contributed by atoms with Crippen LogP contribution in [-0.4, -0.2) is 31.1 Å². The molecule has 0 unspecified atom stereocenters. The number of hydrogen-bond acceptors (Lipinski definition) is 5. The minimum atomic E-state index is -0.842. The van der Waals surface area contributed by atoms with Gasteiger partial charge in [-0.2, -0.15) is 5.26 Å². The quantitative estimate of drug-likeness (QED) is 0.774. The predicted molar refractivity (Wildman–Crippen MR) is 80.1 cm³/mol. The summed E-state index contributed by atoms with van der Waals surface area (Å²) in [7, 11) is 0. The van der Waals surface area contributed by atoms with Gasteiger partial charge in [-0.25, -0.2) is 4.79 Å². The first kappa shape index (κ1) is 17.5. The van der Waals surface area contributed by atoms with E-state index >= 15 is 0 Å². The molecule has 1 amide bonds. The summed E-state index contributed by atoms with van der Waals surface area (Å²) in [5, 5.41) is 11.3. The van der Waals surface area contributed by atoms with Gasteiger partial charge < -0.3 is 14.8 Å². The number of hydrogen-bond donors (Lipinski definition) is 1. The molecule has 0 bridgehead atoms. The van der Waals surface area contributed by atoms with Crippen molar-refractivity contribution >= 4 is 11.9 Å². The molecule has 1 N–H and O–H groups in total. The number of nitriles is 1. The van der Waals surface area contributed by atoms with Crippen LogP contribution in [0.5, 0.6) is 5.75 Å². The smallest absolute Gasteiger partial charge is 0.347 e. The van der Waals surface area contributed by atoms with Crippen molar-refractivity contribution in [2.24, 2.45) is 5.92 Å². The Balaban J connectivity index is 2.38. The molecule has 0 spiro atoms. The van der Waals surface area contributed by atoms with Gasteiger partial charge in [0.2, 0.25) is 0 Å². The van der Waals surface area contributed by atoms with Crippen LogP contribution < -0.4 is 10.1 Å². The highest BCUT2D eigenvalue weighted by atomic mass is 16.6. The lowest BCUT2D eigenvalue weighted by atomic mass is 10.2. The first-order valence-corrected chi connectivity index (χ1v) is 7.02. The van der Waals surface area contributed by atoms with Crippen LogP contribution in [0.3, 0.4) is 0 Å². The molecule has 0 fully saturated rings. The molecule has 1 atom stereocenters. The number of carbonyl (C=O) groups excluding carboxylic acids is 2. The van der Waals surface area contributed by atoms with Crippen LogP contribution in [0.25, 0.3) is 0 Å². The molecular formula is C16H20N2O4. The minimum Gasteiger partial charge on any atom is -0.479 e. The Labute approximate surface area is 130 Å². The molecule has 0 aliphatic rings. The lowest BCUT2D eigenvalue weighted by molar-refractivity contribution is -0.154. The van der Waals surface area contributed by atoms with Crippen LogP contribution in [0.1, 0.15) is 26.3 Å². The minimum absolute atomic E-state index is 0.327. The predicted octanol–water partition coefficient (Wildman–Crippen LogP) is 1.64. The second kappa shape index (κ2) is 8.67. The maximum absolute atomic E-state index is 11.7. The average Bonchev–Trinajstić information content (AvgIpc) is 2.51. The van der Waals surface area contributed by atoms with Crippen LogP contribution in [0.4, 0.5) is 0 Å². The molecule has 1 aromatic rings. The highest BCUT2D eigenvalue weighted by molar-refractivity contribution is 5.81. The Morgan fingerprint density at radius 2 is 1.86 bits per heavy atom. The number of ether oxygens (including phenoxy) is 2. The summed E-state index contributed by atoms with van der Waals surface area (Å²) in [6.45, 7) is 5.69. The van der Waals surface area contributed by atoms with E-state index in [4.69, 9.17) is 14.7 Å². The summed E-state index contributed by atoms with van der Waals surface area (Å²) in [6, 6.07) is 8.36. The second-order valence-electron chi connectivity index (χ2n) is 5.20. The summed E-state index contributed by atoms with van der Waals surface area (Å²) in [5.74, 6) is -0.178. The average molecular weight is 304 g/mol. The Bertz CT molecular complexity index is 546. The van der Waals surface area contributed by atoms with Crippen molar-refractivity contribution in [2.45, 2.75) is 26.9 Å². The van der Waals surface area contributed by atoms with Gasteiger partial charge in [0.25, 0.3) is 5.91 Å². The monoisotopic (exact) mass is 304 g/mol. The fraction of sp³-hybridized carbons (Fsp3) is 0.438. The zero-order valence-corrected chi connectivity index (χ0v) is 13.0. The number of amides is 1. The van der Waals surface area contributed by atoms with E-state index in [2.05, 4.69) is 5.32 Å². The molecule has 0 aliphatic carbocycles. The highest BCUT2D eigenvalue weighted by Gasteiger charge is 2.17. The van der Waals surface area contributed by atoms with E-state index in [1.165, 1.54) is 6.92 Å². The zero-order valence-electron chi connectivity index (χ0n) is 13.0. The highest BCUT2D eigenvalue weighted by Crippen LogP contribution is 2.13. The van der Waals surface area contributed by atoms with Gasteiger partial charge in [-0.05, 0) is 37.1 Å². The first-order valence-electron chi connectivity index (χ1n) is 7.02. The second-order valence-corrected chi connectivity index (χ2v) is 5.20. The Kier molecular flexibility index (Phi) is 6.90. The molecule has 6 heteroatoms. The van der Waals surface area contributed by atoms with Gasteiger partial charge in [-0.1, -0.05) is 13.8 Å². The van der Waals surface area contributed by atoms with Gasteiger partial charge in [0, 0.05) is 6.54 Å². The number of nitrogens with zero attached hydrogens (tertiary/aromatic N) is 1. The van der Waals surface area contributed by atoms with Crippen molar-refractivity contribution in [1.82, 2.24) is 5.32 Å². The fourth-order valence-corrected chi connectivity index (χ4v) is 1.48. The molecule has 0 aromatic heterocycles. The molecular weight excluding hydrogens is 284 g/mol. The van der Waals surface area contributed by atoms with Crippen LogP contribution in [0.2, 0.25) is 0 Å². The number of carbonyl (C=O) groups is 2. The van der Waals surface area contributed by atoms with Crippen molar-refractivity contribution < 1.29 is 19.1 Å². The maximum atomic E-state index is 11.7. The van der Waals surface area contributed by atoms with Crippen molar-refractivity contribution in [3.63, 3.8) is 0 Å². The van der Waals surface area contributed by atoms with Gasteiger partial charge in [-0.3, -0.25) is 4.79 Å². The van der Waals surface area contributed by atoms with Crippen molar-refractivity contribution in [1.29, 1.82) is 5.26 Å². The van der Waals surface area contributed by atoms with Gasteiger partial charge in [0.15, 0.2) is 12.7 Å². The number of rotatable bonds is 7. The van der Waals surface area contributed by atoms with Crippen LogP contribution >= 0.6 is 0 Å². The van der Waals surface area contributed by atoms with E-state index in [9.17, 15) is 9.59 Å². The van der Waals surface area contributed by atoms with E-state index in [1.807, 2.05) is 19.9 Å². The zero-order chi connectivity index (χ0) is 16.5. The van der Waals surface area contributed by atoms with E-state index in [0.717, 1.165) is 0 Å². The molecule has 1 aromatic carbocycles. The molecule has 0 aliphatic heterocycles. The van der Waals surface area contributed by atoms with E-state index in [1.54, 1.807) is 24.3 Å². The molecule has 6 nitrogen and oxygen atoms in total. The SMILES string of the molecule is CC(C)CNC(=O)COC(=O)[C@H](C)Oc1ccc(C#N)cc1. The van der Waals surface area contributed by atoms with Gasteiger partial charge in [0.05, 0.1) is 11.6 Å². The third-order valence-electron chi connectivity index (χ3n) is 2.68.